The lowest BCUT2D eigenvalue weighted by molar-refractivity contribution is 0.305. The minimum atomic E-state index is -0.444. The van der Waals surface area contributed by atoms with Crippen molar-refractivity contribution in [2.24, 2.45) is 21.5 Å². The Hall–Kier alpha value is -0.790. The molecule has 0 atom stereocenters. The Morgan fingerprint density at radius 3 is 2.27 bits per heavy atom. The molecule has 1 aromatic rings. The predicted octanol–water partition coefficient (Wildman–Crippen LogP) is 3.97. The Balaban J connectivity index is 2.12. The summed E-state index contributed by atoms with van der Waals surface area (Å²) in [5.41, 5.74) is 12.5. The fraction of sp³-hybridized carbons (Fsp3) is 0.429. The summed E-state index contributed by atoms with van der Waals surface area (Å²) in [4.78, 5) is 10.8. The zero-order valence-corrected chi connectivity index (χ0v) is 15.7. The Kier molecular flexibility index (Phi) is 4.40. The quantitative estimate of drug-likeness (QED) is 0.637. The molecule has 2 aliphatic rings. The summed E-state index contributed by atoms with van der Waals surface area (Å²) in [6.45, 7) is 0. The van der Waals surface area contributed by atoms with Gasteiger partial charge in [-0.2, -0.15) is 4.99 Å². The summed E-state index contributed by atoms with van der Waals surface area (Å²) in [5, 5.41) is 0.622. The van der Waals surface area contributed by atoms with E-state index in [1.54, 1.807) is 0 Å². The van der Waals surface area contributed by atoms with Crippen LogP contribution < -0.4 is 16.4 Å². The molecule has 1 aliphatic heterocycles. The van der Waals surface area contributed by atoms with Crippen molar-refractivity contribution >= 4 is 61.1 Å². The fourth-order valence-electron chi connectivity index (χ4n) is 3.17. The zero-order valence-electron chi connectivity index (χ0n) is 11.8. The van der Waals surface area contributed by atoms with E-state index in [0.717, 1.165) is 40.3 Å². The van der Waals surface area contributed by atoms with Crippen molar-refractivity contribution in [3.63, 3.8) is 0 Å². The van der Waals surface area contributed by atoms with Gasteiger partial charge in [-0.3, -0.25) is 4.90 Å². The van der Waals surface area contributed by atoms with Gasteiger partial charge in [0.15, 0.2) is 0 Å². The average Bonchev–Trinajstić information content (AvgIpc) is 2.44. The maximum Gasteiger partial charge on any atom is 0.220 e. The molecule has 3 rings (SSSR count). The SMILES string of the molecule is NC1=NC2(CCCCC2)N(c2cc(Br)c(Cl)c(Br)c2)C(N)=N1. The largest absolute Gasteiger partial charge is 0.369 e. The number of anilines is 1. The first kappa shape index (κ1) is 16.1. The third-order valence-corrected chi connectivity index (χ3v) is 6.19. The third kappa shape index (κ3) is 2.74. The van der Waals surface area contributed by atoms with Gasteiger partial charge >= 0.3 is 0 Å². The van der Waals surface area contributed by atoms with Crippen LogP contribution in [0.4, 0.5) is 5.69 Å². The van der Waals surface area contributed by atoms with Crippen LogP contribution in [0.2, 0.25) is 5.02 Å². The Morgan fingerprint density at radius 2 is 1.68 bits per heavy atom. The number of rotatable bonds is 1. The summed E-state index contributed by atoms with van der Waals surface area (Å²) in [6, 6.07) is 3.87. The van der Waals surface area contributed by atoms with Crippen LogP contribution >= 0.6 is 43.5 Å². The number of hydrogen-bond donors (Lipinski definition) is 2. The van der Waals surface area contributed by atoms with Crippen LogP contribution in [0.1, 0.15) is 32.1 Å². The van der Waals surface area contributed by atoms with E-state index >= 15 is 0 Å². The van der Waals surface area contributed by atoms with Gasteiger partial charge in [0.25, 0.3) is 0 Å². The van der Waals surface area contributed by atoms with Crippen molar-refractivity contribution in [1.82, 2.24) is 0 Å². The molecule has 8 heteroatoms. The highest BCUT2D eigenvalue weighted by Gasteiger charge is 2.42. The maximum absolute atomic E-state index is 6.20. The molecule has 0 unspecified atom stereocenters. The molecule has 1 fully saturated rings. The topological polar surface area (TPSA) is 80.0 Å². The second-order valence-electron chi connectivity index (χ2n) is 5.54. The van der Waals surface area contributed by atoms with Crippen molar-refractivity contribution in [2.75, 3.05) is 4.90 Å². The first-order chi connectivity index (χ1) is 10.4. The third-order valence-electron chi connectivity index (χ3n) is 4.08. The Morgan fingerprint density at radius 1 is 1.09 bits per heavy atom. The van der Waals surface area contributed by atoms with E-state index in [0.29, 0.717) is 11.0 Å². The van der Waals surface area contributed by atoms with Gasteiger partial charge < -0.3 is 11.5 Å². The first-order valence-electron chi connectivity index (χ1n) is 7.07. The van der Waals surface area contributed by atoms with Crippen LogP contribution in [-0.4, -0.2) is 17.6 Å². The lowest BCUT2D eigenvalue weighted by Gasteiger charge is -2.45. The number of halogens is 3. The summed E-state index contributed by atoms with van der Waals surface area (Å²) in [5.74, 6) is 0.623. The predicted molar refractivity (Wildman–Crippen MR) is 98.4 cm³/mol. The molecule has 0 bridgehead atoms. The van der Waals surface area contributed by atoms with Crippen molar-refractivity contribution < 1.29 is 0 Å². The van der Waals surface area contributed by atoms with Gasteiger partial charge in [0.2, 0.25) is 11.9 Å². The maximum atomic E-state index is 6.20. The number of aliphatic imine (C=N–C) groups is 2. The van der Waals surface area contributed by atoms with E-state index in [1.165, 1.54) is 6.42 Å². The highest BCUT2D eigenvalue weighted by Crippen LogP contribution is 2.42. The summed E-state index contributed by atoms with van der Waals surface area (Å²) >= 11 is 13.2. The van der Waals surface area contributed by atoms with Gasteiger partial charge in [-0.25, -0.2) is 4.99 Å². The molecule has 0 amide bonds. The van der Waals surface area contributed by atoms with Crippen LogP contribution in [0.15, 0.2) is 31.1 Å². The van der Waals surface area contributed by atoms with Crippen LogP contribution in [0.25, 0.3) is 0 Å². The van der Waals surface area contributed by atoms with Gasteiger partial charge in [0.1, 0.15) is 5.66 Å². The molecule has 0 saturated heterocycles. The molecular weight excluding hydrogens is 433 g/mol. The monoisotopic (exact) mass is 447 g/mol. The van der Waals surface area contributed by atoms with Gasteiger partial charge in [-0.1, -0.05) is 18.0 Å². The van der Waals surface area contributed by atoms with Crippen molar-refractivity contribution in [3.05, 3.63) is 26.1 Å². The van der Waals surface area contributed by atoms with Crippen LogP contribution in [-0.2, 0) is 0 Å². The van der Waals surface area contributed by atoms with Crippen LogP contribution in [0, 0.1) is 0 Å². The minimum absolute atomic E-state index is 0.253. The summed E-state index contributed by atoms with van der Waals surface area (Å²) in [7, 11) is 0. The van der Waals surface area contributed by atoms with Crippen LogP contribution in [0.3, 0.4) is 0 Å². The molecule has 1 spiro atoms. The molecule has 1 aromatic carbocycles. The van der Waals surface area contributed by atoms with E-state index in [1.807, 2.05) is 17.0 Å². The molecule has 4 N–H and O–H groups in total. The van der Waals surface area contributed by atoms with Crippen molar-refractivity contribution in [3.8, 4) is 0 Å². The molecule has 118 valence electrons. The Bertz CT molecular complexity index is 644. The van der Waals surface area contributed by atoms with E-state index in [2.05, 4.69) is 41.8 Å². The summed E-state index contributed by atoms with van der Waals surface area (Å²) < 4.78 is 1.58. The average molecular weight is 450 g/mol. The zero-order chi connectivity index (χ0) is 15.9. The van der Waals surface area contributed by atoms with Gasteiger partial charge in [-0.05, 0) is 69.7 Å². The minimum Gasteiger partial charge on any atom is -0.369 e. The molecule has 22 heavy (non-hydrogen) atoms. The van der Waals surface area contributed by atoms with Crippen molar-refractivity contribution in [2.45, 2.75) is 37.8 Å². The first-order valence-corrected chi connectivity index (χ1v) is 9.04. The lowest BCUT2D eigenvalue weighted by atomic mass is 9.87. The van der Waals surface area contributed by atoms with E-state index in [9.17, 15) is 0 Å². The normalized spacial score (nSPS) is 20.8. The lowest BCUT2D eigenvalue weighted by Crippen LogP contribution is -2.58. The number of nitrogens with zero attached hydrogens (tertiary/aromatic N) is 3. The second kappa shape index (κ2) is 6.02. The molecule has 0 radical (unpaired) electrons. The number of hydrogen-bond acceptors (Lipinski definition) is 5. The Labute approximate surface area is 151 Å². The van der Waals surface area contributed by atoms with Crippen LogP contribution in [0.5, 0.6) is 0 Å². The molecule has 5 nitrogen and oxygen atoms in total. The smallest absolute Gasteiger partial charge is 0.220 e. The highest BCUT2D eigenvalue weighted by atomic mass is 79.9. The second-order valence-corrected chi connectivity index (χ2v) is 7.63. The highest BCUT2D eigenvalue weighted by molar-refractivity contribution is 9.11. The van der Waals surface area contributed by atoms with Gasteiger partial charge in [0.05, 0.1) is 5.02 Å². The van der Waals surface area contributed by atoms with Gasteiger partial charge in [0, 0.05) is 14.6 Å². The molecule has 0 aromatic heterocycles. The van der Waals surface area contributed by atoms with Gasteiger partial charge in [-0.15, -0.1) is 0 Å². The van der Waals surface area contributed by atoms with E-state index in [4.69, 9.17) is 23.1 Å². The number of nitrogens with two attached hydrogens (primary N) is 2. The van der Waals surface area contributed by atoms with Crippen molar-refractivity contribution in [1.29, 1.82) is 0 Å². The van der Waals surface area contributed by atoms with E-state index < -0.39 is 5.66 Å². The number of benzene rings is 1. The molecule has 1 aliphatic carbocycles. The molecule has 1 heterocycles. The molecule has 1 saturated carbocycles. The summed E-state index contributed by atoms with van der Waals surface area (Å²) in [6.07, 6.45) is 5.20. The number of guanidine groups is 2. The molecular formula is C14H16Br2ClN5. The standard InChI is InChI=1S/C14H16Br2ClN5/c15-9-6-8(7-10(16)11(9)17)22-13(19)20-12(18)21-14(22)4-2-1-3-5-14/h6-7H,1-5H2,(H4,18,19,20,21). The fourth-order valence-corrected chi connectivity index (χ4v) is 4.44. The van der Waals surface area contributed by atoms with E-state index in [-0.39, 0.29) is 5.96 Å².